The summed E-state index contributed by atoms with van der Waals surface area (Å²) in [5, 5.41) is 24.1. The van der Waals surface area contributed by atoms with Crippen molar-refractivity contribution >= 4 is 46.1 Å². The second-order valence-corrected chi connectivity index (χ2v) is 17.0. The van der Waals surface area contributed by atoms with E-state index in [-0.39, 0.29) is 36.0 Å². The molecule has 14 heteroatoms. The van der Waals surface area contributed by atoms with Crippen molar-refractivity contribution in [1.82, 2.24) is 40.4 Å². The second-order valence-electron chi connectivity index (χ2n) is 17.0. The van der Waals surface area contributed by atoms with Crippen LogP contribution in [-0.2, 0) is 9.59 Å². The fourth-order valence-corrected chi connectivity index (χ4v) is 10.0. The molecular formula is C48H42N8O6. The van der Waals surface area contributed by atoms with Gasteiger partial charge in [-0.25, -0.2) is 19.6 Å². The average molecular weight is 827 g/mol. The van der Waals surface area contributed by atoms with Crippen LogP contribution in [0.15, 0.2) is 121 Å². The highest BCUT2D eigenvalue weighted by Crippen LogP contribution is 2.55. The number of amides is 4. The molecule has 2 aliphatic carbocycles. The summed E-state index contributed by atoms with van der Waals surface area (Å²) in [6, 6.07) is 36.0. The van der Waals surface area contributed by atoms with Crippen molar-refractivity contribution in [2.45, 2.75) is 61.9 Å². The monoisotopic (exact) mass is 826 g/mol. The third-order valence-electron chi connectivity index (χ3n) is 13.2. The van der Waals surface area contributed by atoms with E-state index in [0.29, 0.717) is 34.6 Å². The summed E-state index contributed by atoms with van der Waals surface area (Å²) in [6.45, 7) is 0. The largest absolute Gasteiger partial charge is 0.465 e. The van der Waals surface area contributed by atoms with E-state index in [2.05, 4.69) is 57.0 Å². The number of hydrogen-bond donors (Lipinski definition) is 6. The molecule has 8 atom stereocenters. The molecule has 4 aliphatic rings. The molecule has 4 fully saturated rings. The SMILES string of the molecule is O=C(O)N[C@@H](C(=O)N1C2C[C@@H]2C[C@H]1c1nc2ccc(-c3ccc(-c4ccc5nc([C@@H]6C[C@H]7CC7N6C(=O)[C@H](NC(=O)O)c6ccccc6)[nH]c5c4)cc3)cc2[nH]1)c1ccccc1. The Morgan fingerprint density at radius 1 is 0.532 bits per heavy atom. The number of imidazole rings is 2. The Bertz CT molecular complexity index is 2700. The van der Waals surface area contributed by atoms with Gasteiger partial charge in [0.15, 0.2) is 0 Å². The number of piperidine rings is 2. The summed E-state index contributed by atoms with van der Waals surface area (Å²) < 4.78 is 0. The summed E-state index contributed by atoms with van der Waals surface area (Å²) in [6.07, 6.45) is 0.846. The van der Waals surface area contributed by atoms with Crippen LogP contribution in [0.5, 0.6) is 0 Å². The lowest BCUT2D eigenvalue weighted by molar-refractivity contribution is -0.136. The number of carboxylic acid groups (broad SMARTS) is 2. The predicted octanol–water partition coefficient (Wildman–Crippen LogP) is 8.11. The number of likely N-dealkylation sites (tertiary alicyclic amines) is 2. The summed E-state index contributed by atoms with van der Waals surface area (Å²) in [4.78, 5) is 72.2. The standard InChI is InChI=1S/C48H42N8O6/c57-45(41(53-47(59)60)27-7-3-1-4-8-27)55-37-21-31(37)23-39(55)43-49-33-17-15-29(19-35(33)51-43)25-11-13-26(14-12-25)30-16-18-34-36(20-30)52-44(50-34)40-24-32-22-38(32)56(40)46(58)42(54-48(61)62)28-9-5-2-6-10-28/h1-20,31-32,37-42,53-54H,21-24H2,(H,49,51)(H,50,52)(H,59,60)(H,61,62)/t31-,32-,37?,38?,39+,40+,41-,42-/m1/s1. The second kappa shape index (κ2) is 14.6. The summed E-state index contributed by atoms with van der Waals surface area (Å²) in [7, 11) is 0. The van der Waals surface area contributed by atoms with Crippen molar-refractivity contribution in [1.29, 1.82) is 0 Å². The maximum Gasteiger partial charge on any atom is 0.405 e. The molecule has 2 aromatic heterocycles. The van der Waals surface area contributed by atoms with E-state index >= 15 is 0 Å². The fourth-order valence-electron chi connectivity index (χ4n) is 10.0. The maximum absolute atomic E-state index is 14.1. The lowest BCUT2D eigenvalue weighted by Crippen LogP contribution is -2.44. The smallest absolute Gasteiger partial charge is 0.405 e. The lowest BCUT2D eigenvalue weighted by Gasteiger charge is -2.30. The van der Waals surface area contributed by atoms with Crippen LogP contribution in [0.2, 0.25) is 0 Å². The number of hydrogen-bond acceptors (Lipinski definition) is 6. The topological polar surface area (TPSA) is 197 Å². The Hall–Kier alpha value is -7.48. The van der Waals surface area contributed by atoms with Gasteiger partial charge in [-0.15, -0.1) is 0 Å². The summed E-state index contributed by atoms with van der Waals surface area (Å²) >= 11 is 0. The van der Waals surface area contributed by atoms with Gasteiger partial charge in [0.1, 0.15) is 23.7 Å². The van der Waals surface area contributed by atoms with E-state index in [1.807, 2.05) is 46.2 Å². The van der Waals surface area contributed by atoms with E-state index in [1.54, 1.807) is 48.5 Å². The predicted molar refractivity (Wildman–Crippen MR) is 230 cm³/mol. The summed E-state index contributed by atoms with van der Waals surface area (Å²) in [5.41, 5.74) is 8.55. The van der Waals surface area contributed by atoms with Crippen LogP contribution in [0.25, 0.3) is 44.3 Å². The lowest BCUT2D eigenvalue weighted by atomic mass is 10.00. The Morgan fingerprint density at radius 2 is 0.919 bits per heavy atom. The molecule has 11 rings (SSSR count). The van der Waals surface area contributed by atoms with Crippen molar-refractivity contribution in [3.8, 4) is 22.3 Å². The Labute approximate surface area is 355 Å². The molecule has 0 bridgehead atoms. The zero-order valence-electron chi connectivity index (χ0n) is 33.3. The van der Waals surface area contributed by atoms with Crippen LogP contribution in [-0.4, -0.2) is 76.0 Å². The van der Waals surface area contributed by atoms with E-state index in [1.165, 1.54) is 0 Å². The van der Waals surface area contributed by atoms with Crippen LogP contribution in [0.1, 0.15) is 72.6 Å². The third kappa shape index (κ3) is 6.67. The molecule has 6 N–H and O–H groups in total. The molecule has 4 heterocycles. The Balaban J connectivity index is 0.815. The molecule has 0 spiro atoms. The number of fused-ring (bicyclic) bond motifs is 4. The number of aromatic nitrogens is 4. The highest BCUT2D eigenvalue weighted by Gasteiger charge is 2.57. The molecule has 62 heavy (non-hydrogen) atoms. The van der Waals surface area contributed by atoms with Gasteiger partial charge in [0.25, 0.3) is 11.8 Å². The molecule has 5 aromatic carbocycles. The Morgan fingerprint density at radius 3 is 1.31 bits per heavy atom. The van der Waals surface area contributed by atoms with Gasteiger partial charge in [-0.2, -0.15) is 0 Å². The quantitative estimate of drug-likeness (QED) is 0.0795. The first-order valence-electron chi connectivity index (χ1n) is 21.0. The number of benzene rings is 5. The molecule has 2 saturated carbocycles. The Kier molecular flexibility index (Phi) is 8.84. The highest BCUT2D eigenvalue weighted by molar-refractivity contribution is 5.90. The first-order chi connectivity index (χ1) is 30.2. The number of nitrogens with one attached hydrogen (secondary N) is 4. The summed E-state index contributed by atoms with van der Waals surface area (Å²) in [5.74, 6) is 1.59. The third-order valence-corrected chi connectivity index (χ3v) is 13.2. The van der Waals surface area contributed by atoms with Gasteiger partial charge in [0.05, 0.1) is 34.2 Å². The van der Waals surface area contributed by atoms with Gasteiger partial charge in [-0.3, -0.25) is 9.59 Å². The number of carbonyl (C=O) groups is 4. The van der Waals surface area contributed by atoms with Crippen molar-refractivity contribution in [2.75, 3.05) is 0 Å². The number of rotatable bonds is 10. The molecule has 14 nitrogen and oxygen atoms in total. The van der Waals surface area contributed by atoms with Gasteiger partial charge < -0.3 is 40.6 Å². The van der Waals surface area contributed by atoms with Crippen LogP contribution >= 0.6 is 0 Å². The molecule has 4 amide bonds. The molecule has 0 radical (unpaired) electrons. The minimum absolute atomic E-state index is 0.0642. The van der Waals surface area contributed by atoms with Crippen LogP contribution in [0, 0.1) is 11.8 Å². The molecule has 310 valence electrons. The molecule has 2 unspecified atom stereocenters. The van der Waals surface area contributed by atoms with Crippen molar-refractivity contribution in [3.63, 3.8) is 0 Å². The zero-order chi connectivity index (χ0) is 42.2. The van der Waals surface area contributed by atoms with Gasteiger partial charge >= 0.3 is 12.2 Å². The van der Waals surface area contributed by atoms with Gasteiger partial charge in [-0.1, -0.05) is 97.1 Å². The first-order valence-corrected chi connectivity index (χ1v) is 21.0. The van der Waals surface area contributed by atoms with E-state index in [0.717, 1.165) is 70.0 Å². The van der Waals surface area contributed by atoms with Crippen LogP contribution in [0.3, 0.4) is 0 Å². The fraction of sp³-hybridized carbons (Fsp3) is 0.250. The number of nitrogens with zero attached hydrogens (tertiary/aromatic N) is 4. The number of H-pyrrole nitrogens is 2. The van der Waals surface area contributed by atoms with Crippen molar-refractivity contribution in [3.05, 3.63) is 144 Å². The maximum atomic E-state index is 14.1. The molecular weight excluding hydrogens is 785 g/mol. The molecule has 2 saturated heterocycles. The van der Waals surface area contributed by atoms with Gasteiger partial charge in [-0.05, 0) is 95.2 Å². The van der Waals surface area contributed by atoms with Gasteiger partial charge in [0, 0.05) is 12.1 Å². The number of carbonyl (C=O) groups excluding carboxylic acids is 2. The normalized spacial score (nSPS) is 23.1. The first kappa shape index (κ1) is 37.5. The van der Waals surface area contributed by atoms with E-state index in [4.69, 9.17) is 9.97 Å². The zero-order valence-corrected chi connectivity index (χ0v) is 33.3. The van der Waals surface area contributed by atoms with E-state index in [9.17, 15) is 29.4 Å². The highest BCUT2D eigenvalue weighted by atomic mass is 16.4. The molecule has 2 aliphatic heterocycles. The minimum Gasteiger partial charge on any atom is -0.465 e. The van der Waals surface area contributed by atoms with Gasteiger partial charge in [0.2, 0.25) is 0 Å². The van der Waals surface area contributed by atoms with Crippen molar-refractivity contribution in [2.24, 2.45) is 11.8 Å². The molecule has 7 aromatic rings. The average Bonchev–Trinajstić information content (AvgIpc) is 3.95. The van der Waals surface area contributed by atoms with Crippen LogP contribution in [0.4, 0.5) is 9.59 Å². The van der Waals surface area contributed by atoms with E-state index < -0.39 is 24.3 Å². The minimum atomic E-state index is -1.25. The number of aromatic amines is 2. The van der Waals surface area contributed by atoms with Crippen LogP contribution < -0.4 is 10.6 Å². The van der Waals surface area contributed by atoms with Crippen molar-refractivity contribution < 1.29 is 29.4 Å².